The molecule has 1 spiro atoms. The molecule has 0 saturated carbocycles. The second kappa shape index (κ2) is 6.66. The molecule has 1 aromatic heterocycles. The number of carbonyl (C=O) groups excluding carboxylic acids is 1. The molecule has 1 atom stereocenters. The standard InChI is InChI=1S/C16H24N2O3S/c1-13(2)17-4-6-20-12-16(10-17)11-18(5-7-21-16)15(19)14-3-8-22-9-14/h3,8-9,13H,4-7,10-12H2,1-2H3/t16-/m1/s1. The highest BCUT2D eigenvalue weighted by Gasteiger charge is 2.42. The van der Waals surface area contributed by atoms with Crippen LogP contribution in [0.4, 0.5) is 0 Å². The van der Waals surface area contributed by atoms with Crippen molar-refractivity contribution in [1.29, 1.82) is 0 Å². The Labute approximate surface area is 135 Å². The summed E-state index contributed by atoms with van der Waals surface area (Å²) in [7, 11) is 0. The van der Waals surface area contributed by atoms with Crippen molar-refractivity contribution < 1.29 is 14.3 Å². The summed E-state index contributed by atoms with van der Waals surface area (Å²) in [4.78, 5) is 16.9. The molecule has 3 rings (SSSR count). The molecular weight excluding hydrogens is 300 g/mol. The Morgan fingerprint density at radius 1 is 1.32 bits per heavy atom. The van der Waals surface area contributed by atoms with Crippen molar-refractivity contribution >= 4 is 17.2 Å². The van der Waals surface area contributed by atoms with Crippen LogP contribution in [0, 0.1) is 0 Å². The highest BCUT2D eigenvalue weighted by molar-refractivity contribution is 7.08. The molecule has 122 valence electrons. The fraction of sp³-hybridized carbons (Fsp3) is 0.688. The predicted molar refractivity (Wildman–Crippen MR) is 86.4 cm³/mol. The van der Waals surface area contributed by atoms with E-state index in [0.717, 1.165) is 25.3 Å². The van der Waals surface area contributed by atoms with Gasteiger partial charge in [-0.2, -0.15) is 11.3 Å². The summed E-state index contributed by atoms with van der Waals surface area (Å²) >= 11 is 1.55. The first-order valence-corrected chi connectivity index (χ1v) is 8.81. The Morgan fingerprint density at radius 2 is 2.18 bits per heavy atom. The van der Waals surface area contributed by atoms with E-state index in [1.807, 2.05) is 21.7 Å². The summed E-state index contributed by atoms with van der Waals surface area (Å²) in [5, 5.41) is 3.85. The molecule has 2 aliphatic heterocycles. The van der Waals surface area contributed by atoms with Gasteiger partial charge in [0, 0.05) is 31.1 Å². The Bertz CT molecular complexity index is 505. The van der Waals surface area contributed by atoms with Crippen LogP contribution < -0.4 is 0 Å². The van der Waals surface area contributed by atoms with Crippen LogP contribution in [0.1, 0.15) is 24.2 Å². The monoisotopic (exact) mass is 324 g/mol. The van der Waals surface area contributed by atoms with Crippen molar-refractivity contribution in [3.8, 4) is 0 Å². The van der Waals surface area contributed by atoms with E-state index in [-0.39, 0.29) is 5.91 Å². The average Bonchev–Trinajstić information content (AvgIpc) is 2.97. The first-order chi connectivity index (χ1) is 10.6. The fourth-order valence-electron chi connectivity index (χ4n) is 3.15. The maximum absolute atomic E-state index is 12.6. The summed E-state index contributed by atoms with van der Waals surface area (Å²) in [6, 6.07) is 2.34. The lowest BCUT2D eigenvalue weighted by Crippen LogP contribution is -2.60. The first kappa shape index (κ1) is 15.9. The largest absolute Gasteiger partial charge is 0.377 e. The molecule has 1 aromatic rings. The van der Waals surface area contributed by atoms with Gasteiger partial charge in [-0.15, -0.1) is 0 Å². The topological polar surface area (TPSA) is 42.0 Å². The van der Waals surface area contributed by atoms with E-state index in [2.05, 4.69) is 18.7 Å². The van der Waals surface area contributed by atoms with E-state index in [1.165, 1.54) is 0 Å². The third-order valence-corrected chi connectivity index (χ3v) is 5.10. The van der Waals surface area contributed by atoms with Gasteiger partial charge < -0.3 is 14.4 Å². The average molecular weight is 324 g/mol. The second-order valence-electron chi connectivity index (χ2n) is 6.39. The fourth-order valence-corrected chi connectivity index (χ4v) is 3.78. The Morgan fingerprint density at radius 3 is 2.91 bits per heavy atom. The Balaban J connectivity index is 1.74. The summed E-state index contributed by atoms with van der Waals surface area (Å²) in [6.07, 6.45) is 0. The summed E-state index contributed by atoms with van der Waals surface area (Å²) in [5.74, 6) is 0.101. The van der Waals surface area contributed by atoms with Crippen LogP contribution in [0.3, 0.4) is 0 Å². The molecule has 6 heteroatoms. The lowest BCUT2D eigenvalue weighted by molar-refractivity contribution is -0.134. The number of nitrogens with zero attached hydrogens (tertiary/aromatic N) is 2. The van der Waals surface area contributed by atoms with Crippen LogP contribution in [0.5, 0.6) is 0 Å². The highest BCUT2D eigenvalue weighted by atomic mass is 32.1. The van der Waals surface area contributed by atoms with Crippen LogP contribution >= 0.6 is 11.3 Å². The third kappa shape index (κ3) is 3.35. The molecule has 1 amide bonds. The van der Waals surface area contributed by atoms with Gasteiger partial charge in [0.05, 0.1) is 31.9 Å². The molecule has 0 aliphatic carbocycles. The normalized spacial score (nSPS) is 27.3. The van der Waals surface area contributed by atoms with Gasteiger partial charge in [0.2, 0.25) is 0 Å². The molecule has 5 nitrogen and oxygen atoms in total. The number of amides is 1. The first-order valence-electron chi connectivity index (χ1n) is 7.87. The number of ether oxygens (including phenoxy) is 2. The number of rotatable bonds is 2. The zero-order valence-corrected chi connectivity index (χ0v) is 14.1. The van der Waals surface area contributed by atoms with E-state index in [9.17, 15) is 4.79 Å². The van der Waals surface area contributed by atoms with E-state index in [4.69, 9.17) is 9.47 Å². The molecule has 0 aromatic carbocycles. The van der Waals surface area contributed by atoms with Gasteiger partial charge in [0.1, 0.15) is 5.60 Å². The molecule has 0 radical (unpaired) electrons. The van der Waals surface area contributed by atoms with Gasteiger partial charge in [-0.3, -0.25) is 9.69 Å². The van der Waals surface area contributed by atoms with E-state index < -0.39 is 5.60 Å². The second-order valence-corrected chi connectivity index (χ2v) is 7.17. The number of morpholine rings is 1. The van der Waals surface area contributed by atoms with Gasteiger partial charge in [-0.25, -0.2) is 0 Å². The quantitative estimate of drug-likeness (QED) is 0.830. The molecule has 0 N–H and O–H groups in total. The Kier molecular flexibility index (Phi) is 4.82. The number of hydrogen-bond donors (Lipinski definition) is 0. The van der Waals surface area contributed by atoms with Crippen molar-refractivity contribution in [2.45, 2.75) is 25.5 Å². The van der Waals surface area contributed by atoms with E-state index in [1.54, 1.807) is 11.3 Å². The Hall–Kier alpha value is -0.950. The molecular formula is C16H24N2O3S. The SMILES string of the molecule is CC(C)N1CCOC[C@]2(CN(C(=O)c3ccsc3)CCO2)C1. The number of hydrogen-bond acceptors (Lipinski definition) is 5. The van der Waals surface area contributed by atoms with Gasteiger partial charge in [0.25, 0.3) is 5.91 Å². The van der Waals surface area contributed by atoms with Gasteiger partial charge in [-0.1, -0.05) is 0 Å². The van der Waals surface area contributed by atoms with Gasteiger partial charge in [-0.05, 0) is 25.3 Å². The van der Waals surface area contributed by atoms with Gasteiger partial charge >= 0.3 is 0 Å². The molecule has 3 heterocycles. The highest BCUT2D eigenvalue weighted by Crippen LogP contribution is 2.25. The lowest BCUT2D eigenvalue weighted by atomic mass is 10.0. The minimum Gasteiger partial charge on any atom is -0.377 e. The molecule has 0 unspecified atom stereocenters. The van der Waals surface area contributed by atoms with Crippen LogP contribution in [0.25, 0.3) is 0 Å². The third-order valence-electron chi connectivity index (χ3n) is 4.41. The maximum Gasteiger partial charge on any atom is 0.254 e. The van der Waals surface area contributed by atoms with E-state index in [0.29, 0.717) is 32.3 Å². The van der Waals surface area contributed by atoms with Crippen LogP contribution in [0.2, 0.25) is 0 Å². The summed E-state index contributed by atoms with van der Waals surface area (Å²) in [5.41, 5.74) is 0.377. The molecule has 2 aliphatic rings. The van der Waals surface area contributed by atoms with Crippen molar-refractivity contribution in [2.24, 2.45) is 0 Å². The minimum absolute atomic E-state index is 0.101. The van der Waals surface area contributed by atoms with Crippen molar-refractivity contribution in [3.05, 3.63) is 22.4 Å². The molecule has 2 fully saturated rings. The summed E-state index contributed by atoms with van der Waals surface area (Å²) < 4.78 is 11.9. The lowest BCUT2D eigenvalue weighted by Gasteiger charge is -2.44. The molecule has 2 saturated heterocycles. The van der Waals surface area contributed by atoms with Crippen LogP contribution in [0.15, 0.2) is 16.8 Å². The summed E-state index contributed by atoms with van der Waals surface area (Å²) in [6.45, 7) is 9.23. The van der Waals surface area contributed by atoms with Gasteiger partial charge in [0.15, 0.2) is 0 Å². The zero-order valence-electron chi connectivity index (χ0n) is 13.3. The smallest absolute Gasteiger partial charge is 0.254 e. The maximum atomic E-state index is 12.6. The zero-order chi connectivity index (χ0) is 15.6. The van der Waals surface area contributed by atoms with Crippen molar-refractivity contribution in [1.82, 2.24) is 9.80 Å². The number of thiophene rings is 1. The van der Waals surface area contributed by atoms with Crippen molar-refractivity contribution in [3.63, 3.8) is 0 Å². The molecule has 0 bridgehead atoms. The molecule has 22 heavy (non-hydrogen) atoms. The van der Waals surface area contributed by atoms with Crippen molar-refractivity contribution in [2.75, 3.05) is 46.0 Å². The van der Waals surface area contributed by atoms with E-state index >= 15 is 0 Å². The minimum atomic E-state index is -0.398. The number of carbonyl (C=O) groups is 1. The van der Waals surface area contributed by atoms with Crippen LogP contribution in [-0.2, 0) is 9.47 Å². The van der Waals surface area contributed by atoms with Crippen LogP contribution in [-0.4, -0.2) is 73.3 Å². The predicted octanol–water partition coefficient (Wildman–Crippen LogP) is 1.70.